The van der Waals surface area contributed by atoms with Gasteiger partial charge in [-0.1, -0.05) is 17.7 Å². The monoisotopic (exact) mass is 305 g/mol. The van der Waals surface area contributed by atoms with Gasteiger partial charge in [-0.05, 0) is 32.4 Å². The highest BCUT2D eigenvalue weighted by atomic mass is 16.5. The number of carbonyl (C=O) groups excluding carboxylic acids is 3. The average Bonchev–Trinajstić information content (AvgIpc) is 2.46. The molecule has 1 amide bonds. The second kappa shape index (κ2) is 8.32. The van der Waals surface area contributed by atoms with Gasteiger partial charge in [0.25, 0.3) is 0 Å². The summed E-state index contributed by atoms with van der Waals surface area (Å²) in [7, 11) is 1.31. The molecule has 0 bridgehead atoms. The van der Waals surface area contributed by atoms with Crippen molar-refractivity contribution in [3.05, 3.63) is 34.9 Å². The Morgan fingerprint density at radius 3 is 2.50 bits per heavy atom. The van der Waals surface area contributed by atoms with E-state index in [4.69, 9.17) is 0 Å². The second-order valence-electron chi connectivity index (χ2n) is 5.49. The van der Waals surface area contributed by atoms with Crippen LogP contribution in [0, 0.1) is 13.8 Å². The Hall–Kier alpha value is -2.17. The van der Waals surface area contributed by atoms with E-state index in [1.165, 1.54) is 7.11 Å². The Balaban J connectivity index is 2.48. The first kappa shape index (κ1) is 17.9. The van der Waals surface area contributed by atoms with Crippen molar-refractivity contribution in [3.63, 3.8) is 0 Å². The van der Waals surface area contributed by atoms with Crippen LogP contribution in [0.1, 0.15) is 47.7 Å². The molecule has 0 heterocycles. The summed E-state index contributed by atoms with van der Waals surface area (Å²) < 4.78 is 4.54. The molecule has 120 valence electrons. The number of Topliss-reactive ketones (excluding diaryl/α,β-unsaturated/α-hetero) is 1. The molecule has 0 spiro atoms. The molecular weight excluding hydrogens is 282 g/mol. The van der Waals surface area contributed by atoms with E-state index in [0.29, 0.717) is 5.56 Å². The zero-order valence-corrected chi connectivity index (χ0v) is 13.6. The van der Waals surface area contributed by atoms with E-state index >= 15 is 0 Å². The Bertz CT molecular complexity index is 566. The maximum absolute atomic E-state index is 12.2. The second-order valence-corrected chi connectivity index (χ2v) is 5.49. The SMILES string of the molecule is COC(=O)CC(C)NC(=O)CCC(=O)c1cc(C)ccc1C. The summed E-state index contributed by atoms with van der Waals surface area (Å²) in [6.45, 7) is 5.53. The molecule has 1 atom stereocenters. The molecule has 1 aromatic carbocycles. The van der Waals surface area contributed by atoms with Gasteiger partial charge in [0.2, 0.25) is 5.91 Å². The number of benzene rings is 1. The molecule has 1 rings (SSSR count). The van der Waals surface area contributed by atoms with Crippen molar-refractivity contribution in [1.29, 1.82) is 0 Å². The number of carbonyl (C=O) groups is 3. The van der Waals surface area contributed by atoms with Crippen LogP contribution in [0.2, 0.25) is 0 Å². The van der Waals surface area contributed by atoms with Crippen LogP contribution in [-0.2, 0) is 14.3 Å². The number of esters is 1. The summed E-state index contributed by atoms with van der Waals surface area (Å²) >= 11 is 0. The fourth-order valence-electron chi connectivity index (χ4n) is 2.13. The van der Waals surface area contributed by atoms with E-state index in [-0.39, 0.29) is 43.0 Å². The van der Waals surface area contributed by atoms with E-state index in [2.05, 4.69) is 10.1 Å². The summed E-state index contributed by atoms with van der Waals surface area (Å²) in [6, 6.07) is 5.39. The maximum Gasteiger partial charge on any atom is 0.307 e. The quantitative estimate of drug-likeness (QED) is 0.620. The lowest BCUT2D eigenvalue weighted by molar-refractivity contribution is -0.141. The highest BCUT2D eigenvalue weighted by molar-refractivity contribution is 5.99. The molecule has 1 unspecified atom stereocenters. The molecule has 0 radical (unpaired) electrons. The number of rotatable bonds is 7. The highest BCUT2D eigenvalue weighted by Crippen LogP contribution is 2.13. The standard InChI is InChI=1S/C17H23NO4/c1-11-5-6-12(2)14(9-11)15(19)7-8-16(20)18-13(3)10-17(21)22-4/h5-6,9,13H,7-8,10H2,1-4H3,(H,18,20). The normalized spacial score (nSPS) is 11.6. The lowest BCUT2D eigenvalue weighted by Crippen LogP contribution is -2.34. The summed E-state index contributed by atoms with van der Waals surface area (Å²) in [5, 5.41) is 2.69. The smallest absolute Gasteiger partial charge is 0.307 e. The lowest BCUT2D eigenvalue weighted by Gasteiger charge is -2.12. The maximum atomic E-state index is 12.2. The summed E-state index contributed by atoms with van der Waals surface area (Å²) in [4.78, 5) is 35.1. The fourth-order valence-corrected chi connectivity index (χ4v) is 2.13. The molecule has 0 aliphatic rings. The third-order valence-electron chi connectivity index (χ3n) is 3.38. The number of ether oxygens (including phenoxy) is 1. The van der Waals surface area contributed by atoms with Crippen LogP contribution in [0.5, 0.6) is 0 Å². The van der Waals surface area contributed by atoms with Gasteiger partial charge in [0, 0.05) is 24.4 Å². The van der Waals surface area contributed by atoms with Crippen molar-refractivity contribution >= 4 is 17.7 Å². The number of methoxy groups -OCH3 is 1. The van der Waals surface area contributed by atoms with Gasteiger partial charge in [0.05, 0.1) is 13.5 Å². The van der Waals surface area contributed by atoms with Crippen LogP contribution >= 0.6 is 0 Å². The van der Waals surface area contributed by atoms with Gasteiger partial charge in [0.15, 0.2) is 5.78 Å². The van der Waals surface area contributed by atoms with Crippen molar-refractivity contribution in [2.45, 2.75) is 46.1 Å². The number of hydrogen-bond acceptors (Lipinski definition) is 4. The van der Waals surface area contributed by atoms with Crippen LogP contribution in [0.4, 0.5) is 0 Å². The minimum absolute atomic E-state index is 0.0445. The molecule has 0 aliphatic carbocycles. The number of amides is 1. The van der Waals surface area contributed by atoms with Crippen LogP contribution in [-0.4, -0.2) is 30.8 Å². The van der Waals surface area contributed by atoms with Crippen LogP contribution < -0.4 is 5.32 Å². The molecule has 1 aromatic rings. The molecular formula is C17H23NO4. The van der Waals surface area contributed by atoms with Crippen LogP contribution in [0.25, 0.3) is 0 Å². The minimum Gasteiger partial charge on any atom is -0.469 e. The molecule has 5 nitrogen and oxygen atoms in total. The largest absolute Gasteiger partial charge is 0.469 e. The predicted octanol–water partition coefficient (Wildman–Crippen LogP) is 2.33. The minimum atomic E-state index is -0.376. The predicted molar refractivity (Wildman–Crippen MR) is 83.7 cm³/mol. The van der Waals surface area contributed by atoms with Crippen molar-refractivity contribution < 1.29 is 19.1 Å². The number of ketones is 1. The first-order valence-electron chi connectivity index (χ1n) is 7.30. The van der Waals surface area contributed by atoms with Crippen molar-refractivity contribution in [3.8, 4) is 0 Å². The molecule has 0 saturated heterocycles. The van der Waals surface area contributed by atoms with E-state index < -0.39 is 0 Å². The Labute approximate surface area is 131 Å². The van der Waals surface area contributed by atoms with Crippen molar-refractivity contribution in [2.24, 2.45) is 0 Å². The van der Waals surface area contributed by atoms with Gasteiger partial charge < -0.3 is 10.1 Å². The Morgan fingerprint density at radius 2 is 1.86 bits per heavy atom. The summed E-state index contributed by atoms with van der Waals surface area (Å²) in [5.74, 6) is -0.661. The van der Waals surface area contributed by atoms with E-state index in [1.54, 1.807) is 6.92 Å². The number of nitrogens with one attached hydrogen (secondary N) is 1. The molecule has 0 aromatic heterocycles. The third kappa shape index (κ3) is 5.68. The van der Waals surface area contributed by atoms with E-state index in [1.807, 2.05) is 32.0 Å². The lowest BCUT2D eigenvalue weighted by atomic mass is 9.99. The van der Waals surface area contributed by atoms with Gasteiger partial charge in [-0.25, -0.2) is 0 Å². The number of aryl methyl sites for hydroxylation is 2. The van der Waals surface area contributed by atoms with Gasteiger partial charge in [0.1, 0.15) is 0 Å². The molecule has 22 heavy (non-hydrogen) atoms. The van der Waals surface area contributed by atoms with Crippen molar-refractivity contribution in [2.75, 3.05) is 7.11 Å². The van der Waals surface area contributed by atoms with Crippen molar-refractivity contribution in [1.82, 2.24) is 5.32 Å². The van der Waals surface area contributed by atoms with Gasteiger partial charge in [-0.3, -0.25) is 14.4 Å². The zero-order chi connectivity index (χ0) is 16.7. The van der Waals surface area contributed by atoms with Gasteiger partial charge in [-0.15, -0.1) is 0 Å². The molecule has 1 N–H and O–H groups in total. The first-order valence-corrected chi connectivity index (χ1v) is 7.30. The average molecular weight is 305 g/mol. The molecule has 0 fully saturated rings. The Morgan fingerprint density at radius 1 is 1.18 bits per heavy atom. The fraction of sp³-hybridized carbons (Fsp3) is 0.471. The molecule has 5 heteroatoms. The Kier molecular flexibility index (Phi) is 6.76. The molecule has 0 aliphatic heterocycles. The van der Waals surface area contributed by atoms with Crippen LogP contribution in [0.3, 0.4) is 0 Å². The summed E-state index contributed by atoms with van der Waals surface area (Å²) in [5.41, 5.74) is 2.59. The first-order chi connectivity index (χ1) is 10.3. The van der Waals surface area contributed by atoms with E-state index in [9.17, 15) is 14.4 Å². The molecule has 0 saturated carbocycles. The summed E-state index contributed by atoms with van der Waals surface area (Å²) in [6.07, 6.45) is 0.381. The van der Waals surface area contributed by atoms with E-state index in [0.717, 1.165) is 11.1 Å². The zero-order valence-electron chi connectivity index (χ0n) is 13.6. The highest BCUT2D eigenvalue weighted by Gasteiger charge is 2.15. The van der Waals surface area contributed by atoms with Gasteiger partial charge in [-0.2, -0.15) is 0 Å². The number of hydrogen-bond donors (Lipinski definition) is 1. The van der Waals surface area contributed by atoms with Crippen LogP contribution in [0.15, 0.2) is 18.2 Å². The third-order valence-corrected chi connectivity index (χ3v) is 3.38. The van der Waals surface area contributed by atoms with Gasteiger partial charge >= 0.3 is 5.97 Å². The topological polar surface area (TPSA) is 72.5 Å².